The van der Waals surface area contributed by atoms with E-state index < -0.39 is 0 Å². The van der Waals surface area contributed by atoms with Crippen LogP contribution in [0.4, 0.5) is 0 Å². The molecule has 0 amide bonds. The van der Waals surface area contributed by atoms with E-state index in [1.54, 1.807) is 6.92 Å². The summed E-state index contributed by atoms with van der Waals surface area (Å²) < 4.78 is 5.71. The molecule has 0 radical (unpaired) electrons. The molecule has 2 aromatic rings. The highest BCUT2D eigenvalue weighted by molar-refractivity contribution is 5.98. The topological polar surface area (TPSA) is 41.8 Å². The molecule has 19 heavy (non-hydrogen) atoms. The first-order valence-corrected chi connectivity index (χ1v) is 6.16. The quantitative estimate of drug-likeness (QED) is 0.513. The second-order valence-corrected chi connectivity index (χ2v) is 4.49. The number of benzene rings is 2. The van der Waals surface area contributed by atoms with Gasteiger partial charge in [-0.3, -0.25) is 0 Å². The van der Waals surface area contributed by atoms with Crippen LogP contribution in [0.3, 0.4) is 0 Å². The first-order valence-electron chi connectivity index (χ1n) is 6.16. The predicted molar refractivity (Wildman–Crippen MR) is 76.0 cm³/mol. The lowest BCUT2D eigenvalue weighted by Crippen LogP contribution is -1.97. The van der Waals surface area contributed by atoms with E-state index in [0.717, 1.165) is 16.9 Å². The zero-order valence-corrected chi connectivity index (χ0v) is 11.1. The molecule has 0 fully saturated rings. The van der Waals surface area contributed by atoms with Crippen LogP contribution in [0.15, 0.2) is 53.7 Å². The summed E-state index contributed by atoms with van der Waals surface area (Å²) in [6, 6.07) is 15.7. The lowest BCUT2D eigenvalue weighted by atomic mass is 10.1. The maximum Gasteiger partial charge on any atom is 0.119 e. The van der Waals surface area contributed by atoms with Gasteiger partial charge in [-0.15, -0.1) is 0 Å². The number of aryl methyl sites for hydroxylation is 1. The van der Waals surface area contributed by atoms with Crippen molar-refractivity contribution >= 4 is 5.71 Å². The number of oxime groups is 1. The van der Waals surface area contributed by atoms with E-state index in [-0.39, 0.29) is 0 Å². The fourth-order valence-corrected chi connectivity index (χ4v) is 1.82. The van der Waals surface area contributed by atoms with Gasteiger partial charge in [-0.1, -0.05) is 35.0 Å². The Balaban J connectivity index is 2.00. The Morgan fingerprint density at radius 1 is 1.16 bits per heavy atom. The predicted octanol–water partition coefficient (Wildman–Crippen LogP) is 3.77. The molecule has 0 spiro atoms. The molecule has 3 nitrogen and oxygen atoms in total. The van der Waals surface area contributed by atoms with Crippen LogP contribution in [0.5, 0.6) is 5.75 Å². The van der Waals surface area contributed by atoms with Crippen LogP contribution in [0.25, 0.3) is 0 Å². The minimum Gasteiger partial charge on any atom is -0.489 e. The first-order chi connectivity index (χ1) is 9.19. The third kappa shape index (κ3) is 3.58. The van der Waals surface area contributed by atoms with E-state index >= 15 is 0 Å². The molecule has 98 valence electrons. The summed E-state index contributed by atoms with van der Waals surface area (Å²) in [5.41, 5.74) is 3.85. The molecule has 1 N–H and O–H groups in total. The summed E-state index contributed by atoms with van der Waals surface area (Å²) in [6.07, 6.45) is 0. The van der Waals surface area contributed by atoms with Gasteiger partial charge in [-0.05, 0) is 49.2 Å². The van der Waals surface area contributed by atoms with E-state index in [9.17, 15) is 0 Å². The van der Waals surface area contributed by atoms with Crippen molar-refractivity contribution in [3.05, 3.63) is 65.2 Å². The van der Waals surface area contributed by atoms with Crippen LogP contribution in [0.2, 0.25) is 0 Å². The van der Waals surface area contributed by atoms with Crippen molar-refractivity contribution in [2.75, 3.05) is 0 Å². The lowest BCUT2D eigenvalue weighted by molar-refractivity contribution is 0.306. The van der Waals surface area contributed by atoms with Crippen LogP contribution in [-0.4, -0.2) is 10.9 Å². The lowest BCUT2D eigenvalue weighted by Gasteiger charge is -2.07. The van der Waals surface area contributed by atoms with E-state index in [1.165, 1.54) is 5.56 Å². The monoisotopic (exact) mass is 255 g/mol. The second-order valence-electron chi connectivity index (χ2n) is 4.49. The largest absolute Gasteiger partial charge is 0.489 e. The third-order valence-corrected chi connectivity index (χ3v) is 2.91. The highest BCUT2D eigenvalue weighted by atomic mass is 16.5. The van der Waals surface area contributed by atoms with Crippen molar-refractivity contribution in [1.82, 2.24) is 0 Å². The average Bonchev–Trinajstić information content (AvgIpc) is 2.45. The van der Waals surface area contributed by atoms with Gasteiger partial charge in [0.1, 0.15) is 12.4 Å². The number of hydrogen-bond acceptors (Lipinski definition) is 3. The third-order valence-electron chi connectivity index (χ3n) is 2.91. The minimum absolute atomic E-state index is 0.550. The molecular formula is C16H17NO2. The van der Waals surface area contributed by atoms with E-state index in [2.05, 4.69) is 24.2 Å². The molecule has 0 aliphatic carbocycles. The highest BCUT2D eigenvalue weighted by Crippen LogP contribution is 2.15. The van der Waals surface area contributed by atoms with E-state index in [1.807, 2.05) is 36.4 Å². The van der Waals surface area contributed by atoms with Crippen molar-refractivity contribution in [3.63, 3.8) is 0 Å². The summed E-state index contributed by atoms with van der Waals surface area (Å²) >= 11 is 0. The van der Waals surface area contributed by atoms with Crippen molar-refractivity contribution < 1.29 is 9.94 Å². The Morgan fingerprint density at radius 2 is 1.89 bits per heavy atom. The molecule has 0 saturated heterocycles. The average molecular weight is 255 g/mol. The summed E-state index contributed by atoms with van der Waals surface area (Å²) in [7, 11) is 0. The molecule has 0 bridgehead atoms. The van der Waals surface area contributed by atoms with Crippen molar-refractivity contribution in [3.8, 4) is 5.75 Å². The van der Waals surface area contributed by atoms with Gasteiger partial charge in [-0.2, -0.15) is 0 Å². The fourth-order valence-electron chi connectivity index (χ4n) is 1.82. The molecular weight excluding hydrogens is 238 g/mol. The maximum absolute atomic E-state index is 8.69. The van der Waals surface area contributed by atoms with Crippen molar-refractivity contribution in [2.45, 2.75) is 20.5 Å². The Hall–Kier alpha value is -2.29. The summed E-state index contributed by atoms with van der Waals surface area (Å²) in [6.45, 7) is 4.37. The highest BCUT2D eigenvalue weighted by Gasteiger charge is 2.00. The van der Waals surface area contributed by atoms with Gasteiger partial charge in [0.05, 0.1) is 5.71 Å². The van der Waals surface area contributed by atoms with Gasteiger partial charge >= 0.3 is 0 Å². The fraction of sp³-hybridized carbons (Fsp3) is 0.188. The number of nitrogens with zero attached hydrogens (tertiary/aromatic N) is 1. The summed E-state index contributed by atoms with van der Waals surface area (Å²) in [5, 5.41) is 11.9. The maximum atomic E-state index is 8.69. The molecule has 0 aliphatic heterocycles. The Morgan fingerprint density at radius 3 is 2.53 bits per heavy atom. The SMILES string of the molecule is C/C(=N/O)c1ccc(OCc2cccc(C)c2)cc1. The Labute approximate surface area is 113 Å². The molecule has 0 saturated carbocycles. The summed E-state index contributed by atoms with van der Waals surface area (Å²) in [5.74, 6) is 0.802. The zero-order chi connectivity index (χ0) is 13.7. The Kier molecular flexibility index (Phi) is 4.18. The second kappa shape index (κ2) is 6.05. The van der Waals surface area contributed by atoms with Crippen LogP contribution in [0, 0.1) is 6.92 Å². The number of ether oxygens (including phenoxy) is 1. The molecule has 0 heterocycles. The molecule has 0 atom stereocenters. The smallest absolute Gasteiger partial charge is 0.119 e. The molecule has 2 rings (SSSR count). The number of rotatable bonds is 4. The molecule has 2 aromatic carbocycles. The normalized spacial score (nSPS) is 11.4. The molecule has 3 heteroatoms. The van der Waals surface area contributed by atoms with Crippen molar-refractivity contribution in [2.24, 2.45) is 5.16 Å². The summed E-state index contributed by atoms with van der Waals surface area (Å²) in [4.78, 5) is 0. The van der Waals surface area contributed by atoms with Gasteiger partial charge in [0.15, 0.2) is 0 Å². The standard InChI is InChI=1S/C16H17NO2/c1-12-4-3-5-14(10-12)11-19-16-8-6-15(7-9-16)13(2)17-18/h3-10,18H,11H2,1-2H3/b17-13-. The molecule has 0 aromatic heterocycles. The first kappa shape index (κ1) is 13.1. The molecule has 0 unspecified atom stereocenters. The zero-order valence-electron chi connectivity index (χ0n) is 11.1. The van der Waals surface area contributed by atoms with Crippen molar-refractivity contribution in [1.29, 1.82) is 0 Å². The van der Waals surface area contributed by atoms with Gasteiger partial charge in [0, 0.05) is 0 Å². The van der Waals surface area contributed by atoms with Crippen LogP contribution in [-0.2, 0) is 6.61 Å². The van der Waals surface area contributed by atoms with Crippen LogP contribution >= 0.6 is 0 Å². The molecule has 0 aliphatic rings. The van der Waals surface area contributed by atoms with Gasteiger partial charge in [0.2, 0.25) is 0 Å². The van der Waals surface area contributed by atoms with Gasteiger partial charge in [0.25, 0.3) is 0 Å². The van der Waals surface area contributed by atoms with E-state index in [0.29, 0.717) is 12.3 Å². The van der Waals surface area contributed by atoms with Crippen LogP contribution < -0.4 is 4.74 Å². The van der Waals surface area contributed by atoms with E-state index in [4.69, 9.17) is 9.94 Å². The minimum atomic E-state index is 0.550. The Bertz CT molecular complexity index is 574. The number of hydrogen-bond donors (Lipinski definition) is 1. The van der Waals surface area contributed by atoms with Gasteiger partial charge in [-0.25, -0.2) is 0 Å². The van der Waals surface area contributed by atoms with Gasteiger partial charge < -0.3 is 9.94 Å². The van der Waals surface area contributed by atoms with Crippen LogP contribution in [0.1, 0.15) is 23.6 Å².